The van der Waals surface area contributed by atoms with Crippen molar-refractivity contribution in [1.29, 1.82) is 0 Å². The number of hydrogen-bond acceptors (Lipinski definition) is 2. The first-order chi connectivity index (χ1) is 6.84. The molecule has 2 nitrogen and oxygen atoms in total. The molecule has 0 bridgehead atoms. The molecule has 0 aliphatic rings. The molecule has 0 fully saturated rings. The van der Waals surface area contributed by atoms with Crippen LogP contribution >= 0.6 is 15.9 Å². The van der Waals surface area contributed by atoms with Gasteiger partial charge in [0, 0.05) is 6.61 Å². The summed E-state index contributed by atoms with van der Waals surface area (Å²) in [7, 11) is 0. The summed E-state index contributed by atoms with van der Waals surface area (Å²) in [5, 5.41) is 8.58. The van der Waals surface area contributed by atoms with Crippen LogP contribution in [0.2, 0.25) is 0 Å². The van der Waals surface area contributed by atoms with E-state index in [1.165, 1.54) is 0 Å². The molecule has 0 unspecified atom stereocenters. The number of ether oxygens (including phenoxy) is 1. The van der Waals surface area contributed by atoms with Crippen molar-refractivity contribution in [2.45, 2.75) is 19.3 Å². The summed E-state index contributed by atoms with van der Waals surface area (Å²) in [5.41, 5.74) is 0. The molecule has 0 radical (unpaired) electrons. The zero-order valence-electron chi connectivity index (χ0n) is 8.08. The number of rotatable bonds is 6. The number of aliphatic hydroxyl groups excluding tert-OH is 1. The Morgan fingerprint density at radius 1 is 1.14 bits per heavy atom. The second kappa shape index (κ2) is 6.85. The first-order valence-corrected chi connectivity index (χ1v) is 5.62. The molecule has 1 aromatic carbocycles. The van der Waals surface area contributed by atoms with Gasteiger partial charge in [-0.05, 0) is 47.3 Å². The third kappa shape index (κ3) is 4.11. The number of benzene rings is 1. The lowest BCUT2D eigenvalue weighted by atomic mass is 10.2. The first-order valence-electron chi connectivity index (χ1n) is 4.83. The molecule has 1 rings (SSSR count). The minimum atomic E-state index is 0.273. The van der Waals surface area contributed by atoms with Crippen LogP contribution in [0.4, 0.5) is 0 Å². The van der Waals surface area contributed by atoms with Gasteiger partial charge in [0.1, 0.15) is 5.75 Å². The lowest BCUT2D eigenvalue weighted by Gasteiger charge is -2.06. The summed E-state index contributed by atoms with van der Waals surface area (Å²) in [6, 6.07) is 7.82. The smallest absolute Gasteiger partial charge is 0.133 e. The molecule has 3 heteroatoms. The number of hydrogen-bond donors (Lipinski definition) is 1. The number of halogens is 1. The molecule has 1 N–H and O–H groups in total. The van der Waals surface area contributed by atoms with Crippen LogP contribution in [0.15, 0.2) is 28.7 Å². The Hall–Kier alpha value is -0.540. The fourth-order valence-electron chi connectivity index (χ4n) is 1.13. The number of aliphatic hydroxyl groups is 1. The van der Waals surface area contributed by atoms with Gasteiger partial charge in [-0.3, -0.25) is 0 Å². The largest absolute Gasteiger partial charge is 0.492 e. The predicted molar refractivity (Wildman–Crippen MR) is 60.6 cm³/mol. The molecular formula is C11H15BrO2. The van der Waals surface area contributed by atoms with Gasteiger partial charge in [0.05, 0.1) is 11.1 Å². The minimum absolute atomic E-state index is 0.273. The van der Waals surface area contributed by atoms with E-state index in [2.05, 4.69) is 15.9 Å². The monoisotopic (exact) mass is 258 g/mol. The summed E-state index contributed by atoms with van der Waals surface area (Å²) in [4.78, 5) is 0. The predicted octanol–water partition coefficient (Wildman–Crippen LogP) is 2.99. The third-order valence-corrected chi connectivity index (χ3v) is 2.55. The van der Waals surface area contributed by atoms with E-state index in [0.29, 0.717) is 6.61 Å². The maximum atomic E-state index is 8.58. The van der Waals surface area contributed by atoms with Crippen LogP contribution < -0.4 is 4.74 Å². The van der Waals surface area contributed by atoms with E-state index in [4.69, 9.17) is 9.84 Å². The fraction of sp³-hybridized carbons (Fsp3) is 0.455. The molecule has 0 atom stereocenters. The van der Waals surface area contributed by atoms with Crippen molar-refractivity contribution in [2.75, 3.05) is 13.2 Å². The Morgan fingerprint density at radius 2 is 1.93 bits per heavy atom. The maximum absolute atomic E-state index is 8.58. The first kappa shape index (κ1) is 11.5. The van der Waals surface area contributed by atoms with E-state index in [1.807, 2.05) is 24.3 Å². The summed E-state index contributed by atoms with van der Waals surface area (Å²) < 4.78 is 6.54. The van der Waals surface area contributed by atoms with Gasteiger partial charge in [0.15, 0.2) is 0 Å². The van der Waals surface area contributed by atoms with Crippen molar-refractivity contribution in [3.05, 3.63) is 28.7 Å². The zero-order valence-corrected chi connectivity index (χ0v) is 9.66. The molecule has 0 aliphatic heterocycles. The summed E-state index contributed by atoms with van der Waals surface area (Å²) in [6.07, 6.45) is 2.86. The van der Waals surface area contributed by atoms with E-state index in [0.717, 1.165) is 29.5 Å². The highest BCUT2D eigenvalue weighted by Gasteiger charge is 1.97. The fourth-order valence-corrected chi connectivity index (χ4v) is 1.53. The third-order valence-electron chi connectivity index (χ3n) is 1.90. The quantitative estimate of drug-likeness (QED) is 0.796. The van der Waals surface area contributed by atoms with E-state index < -0.39 is 0 Å². The molecule has 78 valence electrons. The van der Waals surface area contributed by atoms with Gasteiger partial charge in [0.2, 0.25) is 0 Å². The van der Waals surface area contributed by atoms with E-state index in [-0.39, 0.29) is 6.61 Å². The van der Waals surface area contributed by atoms with Crippen LogP contribution in [0, 0.1) is 0 Å². The molecule has 0 saturated heterocycles. The van der Waals surface area contributed by atoms with Crippen molar-refractivity contribution in [3.63, 3.8) is 0 Å². The van der Waals surface area contributed by atoms with Crippen molar-refractivity contribution >= 4 is 15.9 Å². The highest BCUT2D eigenvalue weighted by molar-refractivity contribution is 9.10. The Morgan fingerprint density at radius 3 is 2.64 bits per heavy atom. The van der Waals surface area contributed by atoms with Gasteiger partial charge < -0.3 is 9.84 Å². The van der Waals surface area contributed by atoms with Crippen molar-refractivity contribution in [2.24, 2.45) is 0 Å². The normalized spacial score (nSPS) is 10.1. The van der Waals surface area contributed by atoms with Gasteiger partial charge >= 0.3 is 0 Å². The standard InChI is InChI=1S/C11H15BrO2/c12-10-6-2-3-7-11(10)14-9-5-1-4-8-13/h2-3,6-7,13H,1,4-5,8-9H2. The molecule has 1 aromatic rings. The molecule has 14 heavy (non-hydrogen) atoms. The van der Waals surface area contributed by atoms with Crippen LogP contribution in [0.1, 0.15) is 19.3 Å². The Labute approximate surface area is 93.0 Å². The second-order valence-corrected chi connectivity index (χ2v) is 3.92. The zero-order chi connectivity index (χ0) is 10.2. The van der Waals surface area contributed by atoms with Crippen molar-refractivity contribution < 1.29 is 9.84 Å². The molecule has 0 spiro atoms. The molecule has 0 aliphatic carbocycles. The van der Waals surface area contributed by atoms with Gasteiger partial charge in [-0.25, -0.2) is 0 Å². The topological polar surface area (TPSA) is 29.5 Å². The van der Waals surface area contributed by atoms with Gasteiger partial charge in [-0.2, -0.15) is 0 Å². The van der Waals surface area contributed by atoms with Crippen molar-refractivity contribution in [1.82, 2.24) is 0 Å². The van der Waals surface area contributed by atoms with E-state index in [1.54, 1.807) is 0 Å². The van der Waals surface area contributed by atoms with E-state index >= 15 is 0 Å². The average molecular weight is 259 g/mol. The van der Waals surface area contributed by atoms with Crippen LogP contribution in [-0.2, 0) is 0 Å². The number of unbranched alkanes of at least 4 members (excludes halogenated alkanes) is 2. The van der Waals surface area contributed by atoms with Gasteiger partial charge in [-0.1, -0.05) is 12.1 Å². The highest BCUT2D eigenvalue weighted by Crippen LogP contribution is 2.23. The van der Waals surface area contributed by atoms with E-state index in [9.17, 15) is 0 Å². The van der Waals surface area contributed by atoms with Crippen LogP contribution in [0.3, 0.4) is 0 Å². The SMILES string of the molecule is OCCCCCOc1ccccc1Br. The highest BCUT2D eigenvalue weighted by atomic mass is 79.9. The van der Waals surface area contributed by atoms with Gasteiger partial charge in [0.25, 0.3) is 0 Å². The Balaban J connectivity index is 2.21. The molecule has 0 heterocycles. The van der Waals surface area contributed by atoms with Crippen molar-refractivity contribution in [3.8, 4) is 5.75 Å². The lowest BCUT2D eigenvalue weighted by Crippen LogP contribution is -1.98. The summed E-state index contributed by atoms with van der Waals surface area (Å²) >= 11 is 3.41. The second-order valence-electron chi connectivity index (χ2n) is 3.06. The molecule has 0 saturated carbocycles. The van der Waals surface area contributed by atoms with Gasteiger partial charge in [-0.15, -0.1) is 0 Å². The van der Waals surface area contributed by atoms with Crippen LogP contribution in [0.5, 0.6) is 5.75 Å². The maximum Gasteiger partial charge on any atom is 0.133 e. The summed E-state index contributed by atoms with van der Waals surface area (Å²) in [5.74, 6) is 0.886. The molecule has 0 amide bonds. The average Bonchev–Trinajstić information content (AvgIpc) is 2.20. The Bertz CT molecular complexity index is 263. The summed E-state index contributed by atoms with van der Waals surface area (Å²) in [6.45, 7) is 0.984. The minimum Gasteiger partial charge on any atom is -0.492 e. The van der Waals surface area contributed by atoms with Crippen LogP contribution in [0.25, 0.3) is 0 Å². The molecule has 0 aromatic heterocycles. The molecular weight excluding hydrogens is 244 g/mol. The van der Waals surface area contributed by atoms with Crippen LogP contribution in [-0.4, -0.2) is 18.3 Å². The lowest BCUT2D eigenvalue weighted by molar-refractivity contribution is 0.265. The number of para-hydroxylation sites is 1. The Kier molecular flexibility index (Phi) is 5.64.